The molecule has 1 unspecified atom stereocenters. The number of piperidine rings is 1. The Morgan fingerprint density at radius 1 is 1.16 bits per heavy atom. The summed E-state index contributed by atoms with van der Waals surface area (Å²) in [4.78, 5) is 36.0. The zero-order chi connectivity index (χ0) is 26.0. The Morgan fingerprint density at radius 2 is 1.86 bits per heavy atom. The molecule has 1 amide bonds. The minimum Gasteiger partial charge on any atom is -0.502 e. The quantitative estimate of drug-likeness (QED) is 0.348. The maximum absolute atomic E-state index is 13.4. The van der Waals surface area contributed by atoms with Gasteiger partial charge in [-0.1, -0.05) is 42.5 Å². The first-order valence-electron chi connectivity index (χ1n) is 12.7. The molecule has 192 valence electrons. The highest BCUT2D eigenvalue weighted by Crippen LogP contribution is 2.42. The average molecular weight is 501 g/mol. The van der Waals surface area contributed by atoms with Crippen LogP contribution in [0.5, 0.6) is 5.75 Å². The molecule has 0 aliphatic carbocycles. The van der Waals surface area contributed by atoms with Crippen LogP contribution in [-0.4, -0.2) is 39.0 Å². The lowest BCUT2D eigenvalue weighted by molar-refractivity contribution is -0.123. The number of aromatic nitrogens is 2. The Morgan fingerprint density at radius 3 is 2.59 bits per heavy atom. The molecule has 0 spiro atoms. The van der Waals surface area contributed by atoms with Crippen LogP contribution < -0.4 is 10.7 Å². The SMILES string of the molecule is Cc1cc(=O)c(O)c(C2(CC(=O)NC(C)c3nc4ccccc4[nH]3)CCN(Cc3ccccc3)CC2)o1. The zero-order valence-corrected chi connectivity index (χ0v) is 21.2. The fraction of sp³-hybridized carbons (Fsp3) is 0.345. The maximum Gasteiger partial charge on any atom is 0.227 e. The number of hydrogen-bond acceptors (Lipinski definition) is 6. The number of nitrogens with zero attached hydrogens (tertiary/aromatic N) is 2. The molecule has 3 heterocycles. The van der Waals surface area contributed by atoms with Crippen LogP contribution >= 0.6 is 0 Å². The number of benzene rings is 2. The Bertz CT molecular complexity index is 1420. The van der Waals surface area contributed by atoms with E-state index in [1.165, 1.54) is 11.6 Å². The molecule has 0 radical (unpaired) electrons. The number of aromatic amines is 1. The van der Waals surface area contributed by atoms with E-state index >= 15 is 0 Å². The molecule has 3 N–H and O–H groups in total. The lowest BCUT2D eigenvalue weighted by Gasteiger charge is -2.41. The molecule has 1 fully saturated rings. The number of carbonyl (C=O) groups excluding carboxylic acids is 1. The van der Waals surface area contributed by atoms with E-state index in [1.54, 1.807) is 6.92 Å². The number of likely N-dealkylation sites (tertiary alicyclic amines) is 1. The van der Waals surface area contributed by atoms with E-state index in [1.807, 2.05) is 49.4 Å². The first-order valence-corrected chi connectivity index (χ1v) is 12.7. The molecule has 1 atom stereocenters. The Balaban J connectivity index is 1.36. The molecule has 4 aromatic rings. The molecule has 1 saturated heterocycles. The number of aryl methyl sites for hydroxylation is 1. The second-order valence-corrected chi connectivity index (χ2v) is 10.0. The van der Waals surface area contributed by atoms with Crippen molar-refractivity contribution in [3.63, 3.8) is 0 Å². The highest BCUT2D eigenvalue weighted by Gasteiger charge is 2.43. The van der Waals surface area contributed by atoms with Gasteiger partial charge in [0.15, 0.2) is 5.76 Å². The van der Waals surface area contributed by atoms with Crippen molar-refractivity contribution >= 4 is 16.9 Å². The predicted molar refractivity (Wildman–Crippen MR) is 141 cm³/mol. The molecule has 0 saturated carbocycles. The maximum atomic E-state index is 13.4. The number of para-hydroxylation sites is 2. The van der Waals surface area contributed by atoms with Crippen molar-refractivity contribution in [3.05, 3.63) is 93.8 Å². The third-order valence-electron chi connectivity index (χ3n) is 7.28. The molecule has 5 rings (SSSR count). The number of fused-ring (bicyclic) bond motifs is 1. The normalized spacial score (nSPS) is 16.5. The van der Waals surface area contributed by atoms with E-state index in [0.717, 1.165) is 17.6 Å². The second-order valence-electron chi connectivity index (χ2n) is 10.0. The van der Waals surface area contributed by atoms with Crippen molar-refractivity contribution < 1.29 is 14.3 Å². The van der Waals surface area contributed by atoms with Gasteiger partial charge in [0.05, 0.1) is 17.1 Å². The molecule has 8 heteroatoms. The van der Waals surface area contributed by atoms with Gasteiger partial charge >= 0.3 is 0 Å². The fourth-order valence-corrected chi connectivity index (χ4v) is 5.27. The first-order chi connectivity index (χ1) is 17.8. The van der Waals surface area contributed by atoms with E-state index in [0.29, 0.717) is 37.5 Å². The number of nitrogens with one attached hydrogen (secondary N) is 2. The Labute approximate surface area is 215 Å². The van der Waals surface area contributed by atoms with E-state index in [9.17, 15) is 14.7 Å². The van der Waals surface area contributed by atoms with Crippen LogP contribution in [0, 0.1) is 6.92 Å². The minimum atomic E-state index is -0.792. The number of hydrogen-bond donors (Lipinski definition) is 3. The van der Waals surface area contributed by atoms with E-state index in [2.05, 4.69) is 32.3 Å². The number of imidazole rings is 1. The summed E-state index contributed by atoms with van der Waals surface area (Å²) in [6, 6.07) is 18.9. The van der Waals surface area contributed by atoms with Gasteiger partial charge in [0, 0.05) is 24.4 Å². The standard InChI is InChI=1S/C29H32N4O4/c1-19-16-24(34)26(36)27(37-19)29(12-14-33(15-13-29)18-21-8-4-3-5-9-21)17-25(35)30-20(2)28-31-22-10-6-7-11-23(22)32-28/h3-11,16,20,36H,12-15,17-18H2,1-2H3,(H,30,35)(H,31,32). The van der Waals surface area contributed by atoms with Crippen molar-refractivity contribution in [1.82, 2.24) is 20.2 Å². The van der Waals surface area contributed by atoms with Crippen molar-refractivity contribution in [2.45, 2.75) is 51.1 Å². The van der Waals surface area contributed by atoms with Gasteiger partial charge in [-0.15, -0.1) is 0 Å². The number of carbonyl (C=O) groups is 1. The summed E-state index contributed by atoms with van der Waals surface area (Å²) in [7, 11) is 0. The van der Waals surface area contributed by atoms with Crippen molar-refractivity contribution in [1.29, 1.82) is 0 Å². The van der Waals surface area contributed by atoms with E-state index in [-0.39, 0.29) is 24.1 Å². The third-order valence-corrected chi connectivity index (χ3v) is 7.28. The van der Waals surface area contributed by atoms with Gasteiger partial charge in [0.2, 0.25) is 17.1 Å². The smallest absolute Gasteiger partial charge is 0.227 e. The monoisotopic (exact) mass is 500 g/mol. The summed E-state index contributed by atoms with van der Waals surface area (Å²) in [5, 5.41) is 13.8. The highest BCUT2D eigenvalue weighted by atomic mass is 16.4. The topological polar surface area (TPSA) is 111 Å². The van der Waals surface area contributed by atoms with Gasteiger partial charge in [-0.2, -0.15) is 0 Å². The molecular weight excluding hydrogens is 468 g/mol. The van der Waals surface area contributed by atoms with Gasteiger partial charge in [0.1, 0.15) is 11.6 Å². The van der Waals surface area contributed by atoms with Crippen LogP contribution in [0.3, 0.4) is 0 Å². The van der Waals surface area contributed by atoms with E-state index < -0.39 is 16.6 Å². The molecular formula is C29H32N4O4. The largest absolute Gasteiger partial charge is 0.502 e. The summed E-state index contributed by atoms with van der Waals surface area (Å²) in [6.07, 6.45) is 1.25. The van der Waals surface area contributed by atoms with Gasteiger partial charge in [0.25, 0.3) is 0 Å². The molecule has 8 nitrogen and oxygen atoms in total. The van der Waals surface area contributed by atoms with Crippen LogP contribution in [-0.2, 0) is 16.8 Å². The molecule has 1 aliphatic rings. The summed E-state index contributed by atoms with van der Waals surface area (Å²) in [5.74, 6) is 0.711. The molecule has 2 aromatic heterocycles. The van der Waals surface area contributed by atoms with Crippen molar-refractivity contribution in [2.24, 2.45) is 0 Å². The van der Waals surface area contributed by atoms with Gasteiger partial charge in [-0.05, 0) is 57.5 Å². The summed E-state index contributed by atoms with van der Waals surface area (Å²) in [5.41, 5.74) is 1.69. The summed E-state index contributed by atoms with van der Waals surface area (Å²) in [6.45, 7) is 5.79. The number of rotatable bonds is 7. The van der Waals surface area contributed by atoms with Gasteiger partial charge < -0.3 is 19.8 Å². The summed E-state index contributed by atoms with van der Waals surface area (Å²) >= 11 is 0. The van der Waals surface area contributed by atoms with Gasteiger partial charge in [-0.25, -0.2) is 4.98 Å². The van der Waals surface area contributed by atoms with Crippen molar-refractivity contribution in [2.75, 3.05) is 13.1 Å². The average Bonchev–Trinajstić information content (AvgIpc) is 3.33. The minimum absolute atomic E-state index is 0.0939. The Kier molecular flexibility index (Phi) is 6.84. The van der Waals surface area contributed by atoms with Crippen LogP contribution in [0.4, 0.5) is 0 Å². The first kappa shape index (κ1) is 24.8. The lowest BCUT2D eigenvalue weighted by atomic mass is 9.72. The molecule has 2 aromatic carbocycles. The van der Waals surface area contributed by atoms with Crippen LogP contribution in [0.15, 0.2) is 69.9 Å². The zero-order valence-electron chi connectivity index (χ0n) is 21.2. The summed E-state index contributed by atoms with van der Waals surface area (Å²) < 4.78 is 5.95. The van der Waals surface area contributed by atoms with Crippen LogP contribution in [0.1, 0.15) is 55.1 Å². The number of amides is 1. The highest BCUT2D eigenvalue weighted by molar-refractivity contribution is 5.79. The predicted octanol–water partition coefficient (Wildman–Crippen LogP) is 4.33. The van der Waals surface area contributed by atoms with E-state index in [4.69, 9.17) is 4.42 Å². The number of aromatic hydroxyl groups is 1. The third kappa shape index (κ3) is 5.29. The second kappa shape index (κ2) is 10.2. The van der Waals surface area contributed by atoms with Crippen LogP contribution in [0.25, 0.3) is 11.0 Å². The van der Waals surface area contributed by atoms with Crippen LogP contribution in [0.2, 0.25) is 0 Å². The molecule has 37 heavy (non-hydrogen) atoms. The van der Waals surface area contributed by atoms with Gasteiger partial charge in [-0.3, -0.25) is 14.5 Å². The lowest BCUT2D eigenvalue weighted by Crippen LogP contribution is -2.45. The van der Waals surface area contributed by atoms with Crippen molar-refractivity contribution in [3.8, 4) is 5.75 Å². The molecule has 1 aliphatic heterocycles. The fourth-order valence-electron chi connectivity index (χ4n) is 5.27. The Hall–Kier alpha value is -3.91. The number of H-pyrrole nitrogens is 1. The molecule has 0 bridgehead atoms.